The summed E-state index contributed by atoms with van der Waals surface area (Å²) in [6.07, 6.45) is 2.00. The molecule has 0 aliphatic heterocycles. The number of carbonyl (C=O) groups excluding carboxylic acids is 2. The van der Waals surface area contributed by atoms with Crippen molar-refractivity contribution in [3.63, 3.8) is 0 Å². The van der Waals surface area contributed by atoms with Gasteiger partial charge in [0, 0.05) is 11.7 Å². The Kier molecular flexibility index (Phi) is 4.04. The normalized spacial score (nSPS) is 13.8. The molecule has 102 valence electrons. The largest absolute Gasteiger partial charge is 0.376 e. The van der Waals surface area contributed by atoms with E-state index in [9.17, 15) is 9.59 Å². The quantitative estimate of drug-likeness (QED) is 0.772. The minimum absolute atomic E-state index is 0.0853. The molecule has 0 bridgehead atoms. The molecule has 1 saturated carbocycles. The number of amides is 3. The number of urea groups is 1. The number of benzene rings is 1. The highest BCUT2D eigenvalue weighted by atomic mass is 16.2. The Morgan fingerprint density at radius 2 is 2.00 bits per heavy atom. The molecule has 2 rings (SSSR count). The van der Waals surface area contributed by atoms with Crippen LogP contribution in [0.15, 0.2) is 18.2 Å². The molecular formula is C14H19N3O2. The van der Waals surface area contributed by atoms with Crippen molar-refractivity contribution in [3.05, 3.63) is 29.3 Å². The molecule has 0 heterocycles. The second-order valence-electron chi connectivity index (χ2n) is 4.97. The zero-order valence-electron chi connectivity index (χ0n) is 11.2. The van der Waals surface area contributed by atoms with E-state index in [4.69, 9.17) is 0 Å². The maximum absolute atomic E-state index is 11.6. The molecule has 5 nitrogen and oxygen atoms in total. The Bertz CT molecular complexity index is 495. The van der Waals surface area contributed by atoms with E-state index in [0.717, 1.165) is 24.1 Å². The fourth-order valence-corrected chi connectivity index (χ4v) is 1.81. The molecule has 0 radical (unpaired) electrons. The first-order valence-corrected chi connectivity index (χ1v) is 6.46. The van der Waals surface area contributed by atoms with Crippen molar-refractivity contribution in [2.24, 2.45) is 0 Å². The van der Waals surface area contributed by atoms with E-state index < -0.39 is 6.03 Å². The molecule has 5 heteroatoms. The maximum Gasteiger partial charge on any atom is 0.321 e. The van der Waals surface area contributed by atoms with Gasteiger partial charge in [0.1, 0.15) is 0 Å². The highest BCUT2D eigenvalue weighted by Crippen LogP contribution is 2.18. The lowest BCUT2D eigenvalue weighted by Crippen LogP contribution is -2.42. The van der Waals surface area contributed by atoms with Crippen LogP contribution in [-0.2, 0) is 4.79 Å². The summed E-state index contributed by atoms with van der Waals surface area (Å²) in [5.41, 5.74) is 3.16. The smallest absolute Gasteiger partial charge is 0.321 e. The average Bonchev–Trinajstić information content (AvgIpc) is 3.11. The predicted octanol–water partition coefficient (Wildman–Crippen LogP) is 1.70. The number of carbonyl (C=O) groups is 2. The van der Waals surface area contributed by atoms with Gasteiger partial charge in [-0.05, 0) is 38.3 Å². The van der Waals surface area contributed by atoms with Gasteiger partial charge in [0.25, 0.3) is 0 Å². The number of hydrogen-bond donors (Lipinski definition) is 3. The van der Waals surface area contributed by atoms with Crippen LogP contribution in [0.5, 0.6) is 0 Å². The van der Waals surface area contributed by atoms with Crippen LogP contribution in [0.25, 0.3) is 0 Å². The van der Waals surface area contributed by atoms with Gasteiger partial charge in [-0.2, -0.15) is 0 Å². The molecule has 0 unspecified atom stereocenters. The average molecular weight is 261 g/mol. The number of anilines is 1. The predicted molar refractivity (Wildman–Crippen MR) is 74.1 cm³/mol. The molecule has 1 aliphatic carbocycles. The van der Waals surface area contributed by atoms with E-state index in [1.165, 1.54) is 5.56 Å². The monoisotopic (exact) mass is 261 g/mol. The van der Waals surface area contributed by atoms with Gasteiger partial charge in [-0.15, -0.1) is 0 Å². The minimum Gasteiger partial charge on any atom is -0.376 e. The summed E-state index contributed by atoms with van der Waals surface area (Å²) in [5.74, 6) is -0.335. The van der Waals surface area contributed by atoms with Crippen LogP contribution in [-0.4, -0.2) is 24.5 Å². The Morgan fingerprint density at radius 3 is 2.63 bits per heavy atom. The van der Waals surface area contributed by atoms with Crippen LogP contribution >= 0.6 is 0 Å². The molecular weight excluding hydrogens is 242 g/mol. The summed E-state index contributed by atoms with van der Waals surface area (Å²) in [6.45, 7) is 4.08. The second-order valence-corrected chi connectivity index (χ2v) is 4.97. The van der Waals surface area contributed by atoms with Crippen molar-refractivity contribution < 1.29 is 9.59 Å². The van der Waals surface area contributed by atoms with Gasteiger partial charge in [-0.3, -0.25) is 10.1 Å². The lowest BCUT2D eigenvalue weighted by atomic mass is 10.1. The first kappa shape index (κ1) is 13.4. The summed E-state index contributed by atoms with van der Waals surface area (Å²) in [4.78, 5) is 22.9. The van der Waals surface area contributed by atoms with Gasteiger partial charge >= 0.3 is 6.03 Å². The number of hydrogen-bond acceptors (Lipinski definition) is 3. The number of imide groups is 1. The van der Waals surface area contributed by atoms with E-state index in [2.05, 4.69) is 16.0 Å². The van der Waals surface area contributed by atoms with Crippen LogP contribution in [0.1, 0.15) is 24.0 Å². The van der Waals surface area contributed by atoms with Crippen LogP contribution in [0.4, 0.5) is 10.5 Å². The van der Waals surface area contributed by atoms with Crippen LogP contribution in [0.3, 0.4) is 0 Å². The van der Waals surface area contributed by atoms with Gasteiger partial charge in [0.2, 0.25) is 5.91 Å². The Morgan fingerprint density at radius 1 is 1.26 bits per heavy atom. The third kappa shape index (κ3) is 4.28. The van der Waals surface area contributed by atoms with E-state index in [1.807, 2.05) is 32.0 Å². The molecule has 0 saturated heterocycles. The van der Waals surface area contributed by atoms with Crippen LogP contribution < -0.4 is 16.0 Å². The first-order valence-electron chi connectivity index (χ1n) is 6.46. The summed E-state index contributed by atoms with van der Waals surface area (Å²) in [6, 6.07) is 5.80. The fraction of sp³-hybridized carbons (Fsp3) is 0.429. The molecule has 19 heavy (non-hydrogen) atoms. The topological polar surface area (TPSA) is 70.2 Å². The number of rotatable bonds is 4. The Balaban J connectivity index is 1.77. The van der Waals surface area contributed by atoms with Crippen molar-refractivity contribution in [2.75, 3.05) is 11.9 Å². The highest BCUT2D eigenvalue weighted by Gasteiger charge is 2.23. The fourth-order valence-electron chi connectivity index (χ4n) is 1.81. The maximum atomic E-state index is 11.6. The Labute approximate surface area is 112 Å². The second kappa shape index (κ2) is 5.73. The molecule has 1 fully saturated rings. The minimum atomic E-state index is -0.407. The van der Waals surface area contributed by atoms with Crippen molar-refractivity contribution in [3.8, 4) is 0 Å². The Hall–Kier alpha value is -2.04. The van der Waals surface area contributed by atoms with E-state index in [0.29, 0.717) is 0 Å². The molecule has 1 aliphatic rings. The SMILES string of the molecule is Cc1ccc(NCC(=O)NC(=O)NC2CC2)c(C)c1. The first-order chi connectivity index (χ1) is 9.04. The molecule has 1 aromatic rings. The molecule has 1 aromatic carbocycles. The summed E-state index contributed by atoms with van der Waals surface area (Å²) in [5, 5.41) is 8.03. The van der Waals surface area contributed by atoms with Gasteiger partial charge < -0.3 is 10.6 Å². The van der Waals surface area contributed by atoms with Crippen LogP contribution in [0.2, 0.25) is 0 Å². The van der Waals surface area contributed by atoms with Crippen molar-refractivity contribution in [2.45, 2.75) is 32.7 Å². The summed E-state index contributed by atoms with van der Waals surface area (Å²) in [7, 11) is 0. The molecule has 0 atom stereocenters. The lowest BCUT2D eigenvalue weighted by molar-refractivity contribution is -0.118. The van der Waals surface area contributed by atoms with Crippen molar-refractivity contribution in [1.29, 1.82) is 0 Å². The number of aryl methyl sites for hydroxylation is 2. The van der Waals surface area contributed by atoms with Gasteiger partial charge in [-0.25, -0.2) is 4.79 Å². The van der Waals surface area contributed by atoms with Crippen molar-refractivity contribution in [1.82, 2.24) is 10.6 Å². The van der Waals surface area contributed by atoms with Crippen LogP contribution in [0, 0.1) is 13.8 Å². The molecule has 0 spiro atoms. The highest BCUT2D eigenvalue weighted by molar-refractivity contribution is 5.96. The lowest BCUT2D eigenvalue weighted by Gasteiger charge is -2.10. The summed E-state index contributed by atoms with van der Waals surface area (Å²) >= 11 is 0. The standard InChI is InChI=1S/C14H19N3O2/c1-9-3-6-12(10(2)7-9)15-8-13(18)17-14(19)16-11-4-5-11/h3,6-7,11,15H,4-5,8H2,1-2H3,(H2,16,17,18,19). The number of nitrogens with one attached hydrogen (secondary N) is 3. The zero-order valence-corrected chi connectivity index (χ0v) is 11.2. The zero-order chi connectivity index (χ0) is 13.8. The van der Waals surface area contributed by atoms with E-state index in [-0.39, 0.29) is 18.5 Å². The van der Waals surface area contributed by atoms with E-state index in [1.54, 1.807) is 0 Å². The summed E-state index contributed by atoms with van der Waals surface area (Å²) < 4.78 is 0. The van der Waals surface area contributed by atoms with Gasteiger partial charge in [0.15, 0.2) is 0 Å². The van der Waals surface area contributed by atoms with Gasteiger partial charge in [0.05, 0.1) is 6.54 Å². The molecule has 0 aromatic heterocycles. The molecule has 3 amide bonds. The van der Waals surface area contributed by atoms with Gasteiger partial charge in [-0.1, -0.05) is 17.7 Å². The van der Waals surface area contributed by atoms with Crippen molar-refractivity contribution >= 4 is 17.6 Å². The third-order valence-corrected chi connectivity index (χ3v) is 2.99. The van der Waals surface area contributed by atoms with E-state index >= 15 is 0 Å². The third-order valence-electron chi connectivity index (χ3n) is 2.99. The molecule has 3 N–H and O–H groups in total.